The quantitative estimate of drug-likeness (QED) is 0.908. The van der Waals surface area contributed by atoms with Crippen LogP contribution in [0.2, 0.25) is 0 Å². The summed E-state index contributed by atoms with van der Waals surface area (Å²) in [5, 5.41) is 6.91. The first-order valence-corrected chi connectivity index (χ1v) is 7.72. The Morgan fingerprint density at radius 2 is 1.86 bits per heavy atom. The van der Waals surface area contributed by atoms with Crippen molar-refractivity contribution in [2.75, 3.05) is 25.5 Å². The first-order chi connectivity index (χ1) is 10.7. The number of ether oxygens (including phenoxy) is 1. The van der Waals surface area contributed by atoms with Crippen LogP contribution in [0.15, 0.2) is 30.3 Å². The van der Waals surface area contributed by atoms with Crippen molar-refractivity contribution in [3.05, 3.63) is 36.2 Å². The third-order valence-electron chi connectivity index (χ3n) is 3.91. The summed E-state index contributed by atoms with van der Waals surface area (Å²) in [6.07, 6.45) is 2.25. The molecule has 2 heterocycles. The molecule has 3 rings (SSSR count). The van der Waals surface area contributed by atoms with E-state index in [2.05, 4.69) is 20.6 Å². The Labute approximate surface area is 131 Å². The van der Waals surface area contributed by atoms with Crippen LogP contribution in [0.3, 0.4) is 0 Å². The number of nitrogens with one attached hydrogen (secondary N) is 2. The summed E-state index contributed by atoms with van der Waals surface area (Å²) in [5.41, 5.74) is 2.01. The molecule has 0 bridgehead atoms. The molecule has 0 spiro atoms. The molecule has 22 heavy (non-hydrogen) atoms. The maximum absolute atomic E-state index is 5.20. The van der Waals surface area contributed by atoms with Crippen molar-refractivity contribution >= 4 is 5.82 Å². The van der Waals surface area contributed by atoms with E-state index in [4.69, 9.17) is 4.74 Å². The Hall–Kier alpha value is -2.14. The van der Waals surface area contributed by atoms with Crippen molar-refractivity contribution in [1.82, 2.24) is 15.3 Å². The lowest BCUT2D eigenvalue weighted by Crippen LogP contribution is -2.35. The van der Waals surface area contributed by atoms with E-state index in [1.807, 2.05) is 37.3 Å². The number of rotatable bonds is 4. The number of aryl methyl sites for hydroxylation is 1. The first kappa shape index (κ1) is 14.8. The molecule has 1 saturated heterocycles. The minimum absolute atomic E-state index is 0.485. The second kappa shape index (κ2) is 6.75. The molecule has 2 aromatic rings. The maximum atomic E-state index is 5.20. The Kier molecular flexibility index (Phi) is 4.53. The Bertz CT molecular complexity index is 621. The van der Waals surface area contributed by atoms with E-state index in [1.165, 1.54) is 0 Å². The van der Waals surface area contributed by atoms with E-state index in [1.54, 1.807) is 7.11 Å². The average Bonchev–Trinajstić information content (AvgIpc) is 2.55. The van der Waals surface area contributed by atoms with Gasteiger partial charge in [0.15, 0.2) is 0 Å². The second-order valence-electron chi connectivity index (χ2n) is 5.58. The lowest BCUT2D eigenvalue weighted by molar-refractivity contribution is 0.415. The van der Waals surface area contributed by atoms with Crippen LogP contribution in [-0.2, 0) is 0 Å². The number of piperidine rings is 1. The lowest BCUT2D eigenvalue weighted by Gasteiger charge is -2.24. The monoisotopic (exact) mass is 298 g/mol. The summed E-state index contributed by atoms with van der Waals surface area (Å²) in [4.78, 5) is 9.07. The predicted octanol–water partition coefficient (Wildman–Crippen LogP) is 2.62. The highest BCUT2D eigenvalue weighted by Gasteiger charge is 2.14. The van der Waals surface area contributed by atoms with Crippen LogP contribution in [0.25, 0.3) is 11.3 Å². The number of methoxy groups -OCH3 is 1. The number of hydrogen-bond donors (Lipinski definition) is 2. The van der Waals surface area contributed by atoms with Gasteiger partial charge in [-0.15, -0.1) is 0 Å². The number of aromatic nitrogens is 2. The van der Waals surface area contributed by atoms with Crippen LogP contribution < -0.4 is 15.4 Å². The number of anilines is 1. The summed E-state index contributed by atoms with van der Waals surface area (Å²) in [7, 11) is 1.67. The topological polar surface area (TPSA) is 59.1 Å². The molecule has 0 aliphatic carbocycles. The van der Waals surface area contributed by atoms with Gasteiger partial charge in [-0.1, -0.05) is 0 Å². The van der Waals surface area contributed by atoms with Crippen LogP contribution in [-0.4, -0.2) is 36.2 Å². The fourth-order valence-electron chi connectivity index (χ4n) is 2.73. The van der Waals surface area contributed by atoms with Crippen LogP contribution in [0.1, 0.15) is 18.7 Å². The van der Waals surface area contributed by atoms with E-state index in [0.29, 0.717) is 6.04 Å². The molecule has 116 valence electrons. The minimum Gasteiger partial charge on any atom is -0.497 e. The van der Waals surface area contributed by atoms with Crippen LogP contribution in [0, 0.1) is 6.92 Å². The Morgan fingerprint density at radius 1 is 1.14 bits per heavy atom. The maximum Gasteiger partial charge on any atom is 0.130 e. The molecule has 1 aliphatic heterocycles. The van der Waals surface area contributed by atoms with Gasteiger partial charge in [0.05, 0.1) is 12.8 Å². The average molecular weight is 298 g/mol. The van der Waals surface area contributed by atoms with Gasteiger partial charge in [0.25, 0.3) is 0 Å². The number of hydrogen-bond acceptors (Lipinski definition) is 5. The zero-order valence-electron chi connectivity index (χ0n) is 13.1. The third-order valence-corrected chi connectivity index (χ3v) is 3.91. The number of nitrogens with zero attached hydrogens (tertiary/aromatic N) is 2. The molecule has 2 N–H and O–H groups in total. The van der Waals surface area contributed by atoms with Crippen LogP contribution in [0.4, 0.5) is 5.82 Å². The fourth-order valence-corrected chi connectivity index (χ4v) is 2.73. The van der Waals surface area contributed by atoms with Gasteiger partial charge in [-0.05, 0) is 57.1 Å². The van der Waals surface area contributed by atoms with E-state index in [-0.39, 0.29) is 0 Å². The lowest BCUT2D eigenvalue weighted by atomic mass is 10.1. The zero-order valence-corrected chi connectivity index (χ0v) is 13.1. The van der Waals surface area contributed by atoms with Crippen LogP contribution >= 0.6 is 0 Å². The van der Waals surface area contributed by atoms with Gasteiger partial charge < -0.3 is 15.4 Å². The molecule has 1 aromatic heterocycles. The molecule has 5 heteroatoms. The largest absolute Gasteiger partial charge is 0.497 e. The van der Waals surface area contributed by atoms with Crippen molar-refractivity contribution in [1.29, 1.82) is 0 Å². The minimum atomic E-state index is 0.485. The van der Waals surface area contributed by atoms with Gasteiger partial charge in [0.1, 0.15) is 17.4 Å². The molecule has 1 fully saturated rings. The van der Waals surface area contributed by atoms with E-state index >= 15 is 0 Å². The van der Waals surface area contributed by atoms with Gasteiger partial charge >= 0.3 is 0 Å². The molecule has 0 atom stereocenters. The molecule has 5 nitrogen and oxygen atoms in total. The van der Waals surface area contributed by atoms with Gasteiger partial charge in [0.2, 0.25) is 0 Å². The zero-order chi connectivity index (χ0) is 15.4. The van der Waals surface area contributed by atoms with E-state index < -0.39 is 0 Å². The summed E-state index contributed by atoms with van der Waals surface area (Å²) < 4.78 is 5.20. The Morgan fingerprint density at radius 3 is 2.55 bits per heavy atom. The van der Waals surface area contributed by atoms with Gasteiger partial charge in [-0.3, -0.25) is 0 Å². The smallest absolute Gasteiger partial charge is 0.130 e. The highest BCUT2D eigenvalue weighted by molar-refractivity contribution is 5.63. The second-order valence-corrected chi connectivity index (χ2v) is 5.58. The SMILES string of the molecule is COc1ccc(-c2cc(NC3CCNCC3)nc(C)n2)cc1. The summed E-state index contributed by atoms with van der Waals surface area (Å²) >= 11 is 0. The van der Waals surface area contributed by atoms with Crippen molar-refractivity contribution in [2.45, 2.75) is 25.8 Å². The fraction of sp³-hybridized carbons (Fsp3) is 0.412. The van der Waals surface area contributed by atoms with Crippen molar-refractivity contribution in [3.63, 3.8) is 0 Å². The predicted molar refractivity (Wildman–Crippen MR) is 88.3 cm³/mol. The molecule has 1 aliphatic rings. The molecular formula is C17H22N4O. The van der Waals surface area contributed by atoms with E-state index in [0.717, 1.165) is 54.6 Å². The molecule has 0 saturated carbocycles. The van der Waals surface area contributed by atoms with Gasteiger partial charge in [-0.2, -0.15) is 0 Å². The standard InChI is InChI=1S/C17H22N4O/c1-12-19-16(13-3-5-15(22-2)6-4-13)11-17(20-12)21-14-7-9-18-10-8-14/h3-6,11,14,18H,7-10H2,1-2H3,(H,19,20,21). The molecular weight excluding hydrogens is 276 g/mol. The highest BCUT2D eigenvalue weighted by Crippen LogP contribution is 2.23. The molecule has 0 unspecified atom stereocenters. The Balaban J connectivity index is 1.81. The molecule has 1 aromatic carbocycles. The van der Waals surface area contributed by atoms with Gasteiger partial charge in [-0.25, -0.2) is 9.97 Å². The first-order valence-electron chi connectivity index (χ1n) is 7.72. The highest BCUT2D eigenvalue weighted by atomic mass is 16.5. The van der Waals surface area contributed by atoms with Gasteiger partial charge in [0, 0.05) is 17.7 Å². The van der Waals surface area contributed by atoms with Crippen LogP contribution in [0.5, 0.6) is 5.75 Å². The molecule has 0 radical (unpaired) electrons. The summed E-state index contributed by atoms with van der Waals surface area (Å²) in [5.74, 6) is 2.54. The van der Waals surface area contributed by atoms with Crippen molar-refractivity contribution in [3.8, 4) is 17.0 Å². The summed E-state index contributed by atoms with van der Waals surface area (Å²) in [6, 6.07) is 10.5. The molecule has 0 amide bonds. The van der Waals surface area contributed by atoms with Crippen molar-refractivity contribution in [2.24, 2.45) is 0 Å². The van der Waals surface area contributed by atoms with Crippen molar-refractivity contribution < 1.29 is 4.74 Å². The third kappa shape index (κ3) is 3.54. The summed E-state index contributed by atoms with van der Waals surface area (Å²) in [6.45, 7) is 4.06. The van der Waals surface area contributed by atoms with E-state index in [9.17, 15) is 0 Å². The number of benzene rings is 1. The normalized spacial score (nSPS) is 15.5.